The number of H-pyrrole nitrogens is 1. The van der Waals surface area contributed by atoms with Crippen LogP contribution in [-0.2, 0) is 5.54 Å². The monoisotopic (exact) mass is 356 g/mol. The fourth-order valence-electron chi connectivity index (χ4n) is 3.59. The third kappa shape index (κ3) is 2.81. The molecule has 140 valence electrons. The van der Waals surface area contributed by atoms with Gasteiger partial charge in [0.05, 0.1) is 0 Å². The van der Waals surface area contributed by atoms with Crippen LogP contribution in [0.15, 0.2) is 24.3 Å². The topological polar surface area (TPSA) is 55.2 Å². The normalized spacial score (nSPS) is 15.0. The number of nitrogens with zero attached hydrogens (tertiary/aromatic N) is 6. The number of hydrogen-bond donors (Lipinski definition) is 1. The van der Waals surface area contributed by atoms with Gasteiger partial charge >= 0.3 is 5.95 Å². The largest absolute Gasteiger partial charge is 0.352 e. The van der Waals surface area contributed by atoms with Gasteiger partial charge in [-0.1, -0.05) is 30.5 Å². The SMILES string of the molecule is CCCC1([n+]2c(N(C)C)nc3nc(N(C)C)[nH]c3c2N(C)C)C=CC=C1. The van der Waals surface area contributed by atoms with Gasteiger partial charge in [0.1, 0.15) is 5.54 Å². The molecule has 0 aliphatic heterocycles. The highest BCUT2D eigenvalue weighted by atomic mass is 15.4. The fourth-order valence-corrected chi connectivity index (χ4v) is 3.59. The Morgan fingerprint density at radius 3 is 2.12 bits per heavy atom. The van der Waals surface area contributed by atoms with Crippen molar-refractivity contribution in [3.8, 4) is 0 Å². The zero-order valence-electron chi connectivity index (χ0n) is 16.9. The molecule has 7 nitrogen and oxygen atoms in total. The molecular weight excluding hydrogens is 326 g/mol. The molecule has 0 saturated carbocycles. The number of hydrogen-bond acceptors (Lipinski definition) is 5. The van der Waals surface area contributed by atoms with Gasteiger partial charge in [-0.15, -0.1) is 0 Å². The molecule has 0 bridgehead atoms. The zero-order valence-corrected chi connectivity index (χ0v) is 16.9. The van der Waals surface area contributed by atoms with Gasteiger partial charge in [0.15, 0.2) is 5.52 Å². The van der Waals surface area contributed by atoms with Gasteiger partial charge in [-0.25, -0.2) is 4.57 Å². The van der Waals surface area contributed by atoms with E-state index in [2.05, 4.69) is 64.7 Å². The zero-order chi connectivity index (χ0) is 19.1. The average Bonchev–Trinajstić information content (AvgIpc) is 3.20. The minimum atomic E-state index is -0.224. The Hall–Kier alpha value is -2.57. The van der Waals surface area contributed by atoms with Crippen LogP contribution in [0.4, 0.5) is 17.7 Å². The van der Waals surface area contributed by atoms with Crippen LogP contribution in [0.3, 0.4) is 0 Å². The van der Waals surface area contributed by atoms with E-state index >= 15 is 0 Å². The molecule has 0 saturated heterocycles. The second-order valence-corrected chi connectivity index (χ2v) is 7.47. The maximum absolute atomic E-state index is 4.92. The second kappa shape index (κ2) is 6.63. The predicted molar refractivity (Wildman–Crippen MR) is 108 cm³/mol. The molecular formula is C19H30N7+. The Bertz CT molecular complexity index is 846. The van der Waals surface area contributed by atoms with Gasteiger partial charge < -0.3 is 14.8 Å². The summed E-state index contributed by atoms with van der Waals surface area (Å²) in [5.74, 6) is 2.77. The van der Waals surface area contributed by atoms with Crippen molar-refractivity contribution in [2.45, 2.75) is 25.3 Å². The Balaban J connectivity index is 2.42. The van der Waals surface area contributed by atoms with Crippen LogP contribution >= 0.6 is 0 Å². The lowest BCUT2D eigenvalue weighted by molar-refractivity contribution is -0.719. The number of fused-ring (bicyclic) bond motifs is 1. The fraction of sp³-hybridized carbons (Fsp3) is 0.526. The molecule has 0 amide bonds. The molecule has 2 aromatic rings. The molecule has 0 spiro atoms. The summed E-state index contributed by atoms with van der Waals surface area (Å²) in [6.45, 7) is 2.22. The van der Waals surface area contributed by atoms with Crippen molar-refractivity contribution in [2.75, 3.05) is 57.0 Å². The van der Waals surface area contributed by atoms with Crippen molar-refractivity contribution in [1.82, 2.24) is 15.0 Å². The first kappa shape index (κ1) is 18.2. The van der Waals surface area contributed by atoms with E-state index in [1.165, 1.54) is 0 Å². The quantitative estimate of drug-likeness (QED) is 0.803. The molecule has 7 heteroatoms. The smallest absolute Gasteiger partial charge is 0.348 e. The molecule has 0 unspecified atom stereocenters. The summed E-state index contributed by atoms with van der Waals surface area (Å²) in [6, 6.07) is 0. The number of nitrogens with one attached hydrogen (secondary N) is 1. The number of allylic oxidation sites excluding steroid dienone is 4. The lowest BCUT2D eigenvalue weighted by Gasteiger charge is -2.31. The Kier molecular flexibility index (Phi) is 4.64. The summed E-state index contributed by atoms with van der Waals surface area (Å²) in [5, 5.41) is 0. The summed E-state index contributed by atoms with van der Waals surface area (Å²) in [7, 11) is 12.2. The van der Waals surface area contributed by atoms with Crippen molar-refractivity contribution >= 4 is 28.9 Å². The molecule has 26 heavy (non-hydrogen) atoms. The highest BCUT2D eigenvalue weighted by Crippen LogP contribution is 2.32. The van der Waals surface area contributed by atoms with Crippen LogP contribution in [0.1, 0.15) is 19.8 Å². The summed E-state index contributed by atoms with van der Waals surface area (Å²) in [4.78, 5) is 19.2. The van der Waals surface area contributed by atoms with Gasteiger partial charge in [0.2, 0.25) is 17.4 Å². The average molecular weight is 356 g/mol. The number of aromatic nitrogens is 4. The number of rotatable bonds is 6. The van der Waals surface area contributed by atoms with Gasteiger partial charge in [0.25, 0.3) is 0 Å². The number of imidazole rings is 1. The molecule has 2 aromatic heterocycles. The number of anilines is 3. The summed E-state index contributed by atoms with van der Waals surface area (Å²) in [5.41, 5.74) is 1.46. The van der Waals surface area contributed by atoms with Crippen LogP contribution in [-0.4, -0.2) is 57.2 Å². The van der Waals surface area contributed by atoms with Crippen LogP contribution < -0.4 is 19.3 Å². The van der Waals surface area contributed by atoms with Gasteiger partial charge in [-0.05, 0) is 18.6 Å². The van der Waals surface area contributed by atoms with Crippen molar-refractivity contribution in [2.24, 2.45) is 0 Å². The van der Waals surface area contributed by atoms with E-state index in [1.807, 2.05) is 33.1 Å². The Morgan fingerprint density at radius 1 is 0.962 bits per heavy atom. The molecule has 1 aliphatic carbocycles. The highest BCUT2D eigenvalue weighted by molar-refractivity contribution is 5.84. The first-order chi connectivity index (χ1) is 12.3. The van der Waals surface area contributed by atoms with Crippen LogP contribution in [0.25, 0.3) is 11.2 Å². The van der Waals surface area contributed by atoms with E-state index in [-0.39, 0.29) is 5.54 Å². The minimum Gasteiger partial charge on any atom is -0.348 e. The van der Waals surface area contributed by atoms with Crippen molar-refractivity contribution < 1.29 is 4.57 Å². The second-order valence-electron chi connectivity index (χ2n) is 7.47. The molecule has 0 radical (unpaired) electrons. The van der Waals surface area contributed by atoms with E-state index in [0.717, 1.165) is 41.7 Å². The van der Waals surface area contributed by atoms with E-state index in [4.69, 9.17) is 9.97 Å². The first-order valence-corrected chi connectivity index (χ1v) is 9.06. The molecule has 0 aromatic carbocycles. The van der Waals surface area contributed by atoms with Crippen molar-refractivity contribution in [3.63, 3.8) is 0 Å². The lowest BCUT2D eigenvalue weighted by Crippen LogP contribution is -2.58. The van der Waals surface area contributed by atoms with Gasteiger partial charge in [-0.3, -0.25) is 4.90 Å². The third-order valence-electron chi connectivity index (χ3n) is 4.71. The Morgan fingerprint density at radius 2 is 1.62 bits per heavy atom. The van der Waals surface area contributed by atoms with Gasteiger partial charge in [0, 0.05) is 42.3 Å². The Labute approximate surface area is 155 Å². The molecule has 2 heterocycles. The van der Waals surface area contributed by atoms with E-state index in [1.54, 1.807) is 0 Å². The first-order valence-electron chi connectivity index (χ1n) is 9.06. The number of aromatic amines is 1. The predicted octanol–water partition coefficient (Wildman–Crippen LogP) is 2.06. The highest BCUT2D eigenvalue weighted by Gasteiger charge is 2.39. The summed E-state index contributed by atoms with van der Waals surface area (Å²) in [6.07, 6.45) is 10.9. The van der Waals surface area contributed by atoms with E-state index < -0.39 is 0 Å². The van der Waals surface area contributed by atoms with E-state index in [9.17, 15) is 0 Å². The standard InChI is InChI=1S/C19H29N7/c1-8-11-19(12-9-10-13-19)26-16(23(2)3)14-15(22-18(26)25(6)7)21-17(20-14)24(4)5/h9-10,12-13H,8,11H2,1-7H3/p+1. The molecule has 3 rings (SSSR count). The summed E-state index contributed by atoms with van der Waals surface area (Å²) >= 11 is 0. The van der Waals surface area contributed by atoms with Crippen LogP contribution in [0, 0.1) is 0 Å². The molecule has 0 atom stereocenters. The lowest BCUT2D eigenvalue weighted by atomic mass is 9.94. The van der Waals surface area contributed by atoms with Crippen LogP contribution in [0.5, 0.6) is 0 Å². The maximum Gasteiger partial charge on any atom is 0.352 e. The molecule has 1 aliphatic rings. The molecule has 1 N–H and O–H groups in total. The van der Waals surface area contributed by atoms with Crippen molar-refractivity contribution in [1.29, 1.82) is 0 Å². The third-order valence-corrected chi connectivity index (χ3v) is 4.71. The maximum atomic E-state index is 4.92. The van der Waals surface area contributed by atoms with E-state index in [0.29, 0.717) is 0 Å². The summed E-state index contributed by atoms with van der Waals surface area (Å²) < 4.78 is 2.33. The molecule has 0 fully saturated rings. The van der Waals surface area contributed by atoms with Crippen molar-refractivity contribution in [3.05, 3.63) is 24.3 Å². The van der Waals surface area contributed by atoms with Gasteiger partial charge in [-0.2, -0.15) is 4.98 Å². The van der Waals surface area contributed by atoms with Crippen LogP contribution in [0.2, 0.25) is 0 Å². The minimum absolute atomic E-state index is 0.224.